The molecule has 0 radical (unpaired) electrons. The van der Waals surface area contributed by atoms with Crippen molar-refractivity contribution >= 4 is 34.8 Å². The Balaban J connectivity index is 2.18. The molecule has 0 aliphatic carbocycles. The summed E-state index contributed by atoms with van der Waals surface area (Å²) in [7, 11) is 0. The summed E-state index contributed by atoms with van der Waals surface area (Å²) in [5, 5.41) is 13.1. The second kappa shape index (κ2) is 4.27. The minimum Gasteiger partial charge on any atom is -0.216 e. The van der Waals surface area contributed by atoms with Gasteiger partial charge in [-0.3, -0.25) is 0 Å². The van der Waals surface area contributed by atoms with E-state index < -0.39 is 0 Å². The van der Waals surface area contributed by atoms with Crippen molar-refractivity contribution in [3.8, 4) is 0 Å². The highest BCUT2D eigenvalue weighted by molar-refractivity contribution is 14.1. The fraction of sp³-hybridized carbons (Fsp3) is 0. The van der Waals surface area contributed by atoms with Gasteiger partial charge in [0.2, 0.25) is 0 Å². The van der Waals surface area contributed by atoms with Crippen molar-refractivity contribution in [2.24, 2.45) is 4.99 Å². The van der Waals surface area contributed by atoms with E-state index >= 15 is 0 Å². The number of hydrogen-bond donors (Lipinski definition) is 1. The maximum Gasteiger partial charge on any atom is 0.288 e. The number of hydrogen-bond acceptors (Lipinski definition) is 4. The van der Waals surface area contributed by atoms with Crippen molar-refractivity contribution in [1.29, 1.82) is 0 Å². The summed E-state index contributed by atoms with van der Waals surface area (Å²) in [4.78, 5) is 4.03. The van der Waals surface area contributed by atoms with E-state index in [9.17, 15) is 0 Å². The zero-order valence-corrected chi connectivity index (χ0v) is 9.21. The smallest absolute Gasteiger partial charge is 0.216 e. The van der Waals surface area contributed by atoms with Gasteiger partial charge in [-0.05, 0) is 45.5 Å². The van der Waals surface area contributed by atoms with Crippen molar-refractivity contribution in [3.63, 3.8) is 0 Å². The first-order chi connectivity index (χ1) is 6.84. The molecule has 14 heavy (non-hydrogen) atoms. The molecule has 70 valence electrons. The predicted molar refractivity (Wildman–Crippen MR) is 60.6 cm³/mol. The Morgan fingerprint density at radius 1 is 1.43 bits per heavy atom. The molecule has 0 aliphatic rings. The number of aliphatic imine (C=N–C) groups is 1. The average Bonchev–Trinajstić information content (AvgIpc) is 2.67. The van der Waals surface area contributed by atoms with Crippen LogP contribution in [0.1, 0.15) is 5.56 Å². The third-order valence-electron chi connectivity index (χ3n) is 1.51. The van der Waals surface area contributed by atoms with Crippen LogP contribution in [0.2, 0.25) is 0 Å². The summed E-state index contributed by atoms with van der Waals surface area (Å²) in [6.07, 6.45) is 1.70. The highest BCUT2D eigenvalue weighted by atomic mass is 127. The van der Waals surface area contributed by atoms with Crippen LogP contribution in [-0.4, -0.2) is 26.8 Å². The maximum absolute atomic E-state index is 4.03. The summed E-state index contributed by atoms with van der Waals surface area (Å²) >= 11 is 2.25. The second-order valence-corrected chi connectivity index (χ2v) is 3.77. The molecule has 1 aromatic carbocycles. The van der Waals surface area contributed by atoms with Crippen molar-refractivity contribution in [3.05, 3.63) is 33.4 Å². The van der Waals surface area contributed by atoms with Crippen LogP contribution in [0.25, 0.3) is 0 Å². The zero-order valence-electron chi connectivity index (χ0n) is 7.05. The third-order valence-corrected chi connectivity index (χ3v) is 2.18. The Kier molecular flexibility index (Phi) is 2.82. The number of aromatic amines is 1. The predicted octanol–water partition coefficient (Wildman–Crippen LogP) is 1.55. The lowest BCUT2D eigenvalue weighted by atomic mass is 10.2. The van der Waals surface area contributed by atoms with Gasteiger partial charge in [0.05, 0.1) is 0 Å². The molecule has 0 fully saturated rings. The highest BCUT2D eigenvalue weighted by Gasteiger charge is 1.92. The van der Waals surface area contributed by atoms with Crippen LogP contribution < -0.4 is 0 Å². The van der Waals surface area contributed by atoms with Gasteiger partial charge in [-0.1, -0.05) is 17.2 Å². The van der Waals surface area contributed by atoms with Gasteiger partial charge in [-0.2, -0.15) is 5.21 Å². The summed E-state index contributed by atoms with van der Waals surface area (Å²) in [6, 6.07) is 7.97. The van der Waals surface area contributed by atoms with Crippen molar-refractivity contribution in [1.82, 2.24) is 20.6 Å². The maximum atomic E-state index is 4.03. The van der Waals surface area contributed by atoms with Crippen molar-refractivity contribution in [2.75, 3.05) is 0 Å². The largest absolute Gasteiger partial charge is 0.288 e. The number of halogens is 1. The van der Waals surface area contributed by atoms with Crippen LogP contribution in [0.5, 0.6) is 0 Å². The first-order valence-corrected chi connectivity index (χ1v) is 4.95. The lowest BCUT2D eigenvalue weighted by molar-refractivity contribution is 0.881. The molecule has 0 atom stereocenters. The summed E-state index contributed by atoms with van der Waals surface area (Å²) in [5.74, 6) is 0.337. The van der Waals surface area contributed by atoms with E-state index in [0.29, 0.717) is 5.95 Å². The molecule has 0 saturated carbocycles. The van der Waals surface area contributed by atoms with Gasteiger partial charge in [-0.25, -0.2) is 4.99 Å². The fourth-order valence-corrected chi connectivity index (χ4v) is 1.50. The Morgan fingerprint density at radius 3 is 3.07 bits per heavy atom. The van der Waals surface area contributed by atoms with Crippen LogP contribution in [0.4, 0.5) is 5.95 Å². The normalized spacial score (nSPS) is 10.9. The Hall–Kier alpha value is -1.31. The van der Waals surface area contributed by atoms with E-state index in [1.165, 1.54) is 3.57 Å². The van der Waals surface area contributed by atoms with E-state index in [2.05, 4.69) is 48.2 Å². The number of H-pyrrole nitrogens is 1. The van der Waals surface area contributed by atoms with E-state index in [1.54, 1.807) is 6.21 Å². The number of benzene rings is 1. The van der Waals surface area contributed by atoms with Crippen LogP contribution in [-0.2, 0) is 0 Å². The van der Waals surface area contributed by atoms with E-state index in [4.69, 9.17) is 0 Å². The molecule has 0 aliphatic heterocycles. The summed E-state index contributed by atoms with van der Waals surface area (Å²) in [5.41, 5.74) is 1.02. The van der Waals surface area contributed by atoms with Gasteiger partial charge in [0.15, 0.2) is 0 Å². The van der Waals surface area contributed by atoms with Crippen molar-refractivity contribution in [2.45, 2.75) is 0 Å². The number of nitrogens with zero attached hydrogens (tertiary/aromatic N) is 4. The van der Waals surface area contributed by atoms with E-state index in [1.807, 2.05) is 24.3 Å². The molecule has 2 aromatic rings. The quantitative estimate of drug-likeness (QED) is 0.676. The van der Waals surface area contributed by atoms with Gasteiger partial charge in [-0.15, -0.1) is 5.10 Å². The minimum absolute atomic E-state index is 0.337. The standard InChI is InChI=1S/C8H6IN5/c9-7-3-1-2-6(4-7)5-10-8-11-13-14-12-8/h1-5H,(H,11,12,13,14). The van der Waals surface area contributed by atoms with Gasteiger partial charge in [0.1, 0.15) is 0 Å². The first-order valence-electron chi connectivity index (χ1n) is 3.88. The molecule has 0 amide bonds. The second-order valence-electron chi connectivity index (χ2n) is 2.53. The minimum atomic E-state index is 0.337. The average molecular weight is 299 g/mol. The van der Waals surface area contributed by atoms with Crippen LogP contribution in [0.3, 0.4) is 0 Å². The lowest BCUT2D eigenvalue weighted by Crippen LogP contribution is -1.81. The molecular weight excluding hydrogens is 293 g/mol. The molecule has 0 bridgehead atoms. The van der Waals surface area contributed by atoms with Crippen LogP contribution in [0, 0.1) is 3.57 Å². The molecule has 1 N–H and O–H groups in total. The molecular formula is C8H6IN5. The molecule has 6 heteroatoms. The Labute approximate surface area is 93.8 Å². The molecule has 1 aromatic heterocycles. The fourth-order valence-electron chi connectivity index (χ4n) is 0.930. The Morgan fingerprint density at radius 2 is 2.36 bits per heavy atom. The number of rotatable bonds is 2. The van der Waals surface area contributed by atoms with Crippen LogP contribution in [0.15, 0.2) is 29.3 Å². The molecule has 1 heterocycles. The van der Waals surface area contributed by atoms with Crippen molar-refractivity contribution < 1.29 is 0 Å². The van der Waals surface area contributed by atoms with Crippen LogP contribution >= 0.6 is 22.6 Å². The first kappa shape index (κ1) is 9.25. The molecule has 0 saturated heterocycles. The number of tetrazole rings is 1. The molecule has 0 unspecified atom stereocenters. The van der Waals surface area contributed by atoms with Gasteiger partial charge in [0.25, 0.3) is 5.95 Å². The van der Waals surface area contributed by atoms with Gasteiger partial charge >= 0.3 is 0 Å². The number of nitrogens with one attached hydrogen (secondary N) is 1. The highest BCUT2D eigenvalue weighted by Crippen LogP contribution is 2.06. The number of aromatic nitrogens is 4. The summed E-state index contributed by atoms with van der Waals surface area (Å²) in [6.45, 7) is 0. The monoisotopic (exact) mass is 299 g/mol. The Bertz CT molecular complexity index is 437. The van der Waals surface area contributed by atoms with Gasteiger partial charge in [0, 0.05) is 9.78 Å². The summed E-state index contributed by atoms with van der Waals surface area (Å²) < 4.78 is 1.17. The van der Waals surface area contributed by atoms with E-state index in [0.717, 1.165) is 5.56 Å². The SMILES string of the molecule is Ic1cccc(C=Nc2nn[nH]n2)c1. The molecule has 0 spiro atoms. The third kappa shape index (κ3) is 2.34. The van der Waals surface area contributed by atoms with E-state index in [-0.39, 0.29) is 0 Å². The zero-order chi connectivity index (χ0) is 9.80. The lowest BCUT2D eigenvalue weighted by Gasteiger charge is -1.91. The topological polar surface area (TPSA) is 66.8 Å². The van der Waals surface area contributed by atoms with Gasteiger partial charge < -0.3 is 0 Å². The molecule has 2 rings (SSSR count). The molecule has 5 nitrogen and oxygen atoms in total.